The van der Waals surface area contributed by atoms with Crippen LogP contribution in [0.4, 0.5) is 0 Å². The number of nitrogens with zero attached hydrogens (tertiary/aromatic N) is 2. The van der Waals surface area contributed by atoms with Gasteiger partial charge >= 0.3 is 0 Å². The van der Waals surface area contributed by atoms with Crippen LogP contribution in [0.25, 0.3) is 0 Å². The minimum Gasteiger partial charge on any atom is -0.350 e. The molecular weight excluding hydrogens is 234 g/mol. The fraction of sp³-hybridized carbons (Fsp3) is 0.500. The maximum Gasteiger partial charge on any atom is 0.254 e. The number of aromatic nitrogens is 1. The van der Waals surface area contributed by atoms with Crippen LogP contribution in [0.2, 0.25) is 0 Å². The Kier molecular flexibility index (Phi) is 5.44. The molecule has 94 valence electrons. The van der Waals surface area contributed by atoms with Crippen molar-refractivity contribution in [1.82, 2.24) is 15.2 Å². The van der Waals surface area contributed by atoms with Gasteiger partial charge in [0.15, 0.2) is 0 Å². The molecule has 1 rings (SSSR count). The van der Waals surface area contributed by atoms with E-state index in [4.69, 9.17) is 0 Å². The van der Waals surface area contributed by atoms with Gasteiger partial charge in [0, 0.05) is 18.8 Å². The second-order valence-electron chi connectivity index (χ2n) is 4.08. The number of likely N-dealkylation sites (N-methyl/N-ethyl adjacent to an activating group) is 1. The smallest absolute Gasteiger partial charge is 0.254 e. The summed E-state index contributed by atoms with van der Waals surface area (Å²) < 4.78 is 0. The van der Waals surface area contributed by atoms with E-state index in [9.17, 15) is 4.79 Å². The Balaban J connectivity index is 2.64. The first kappa shape index (κ1) is 14.0. The van der Waals surface area contributed by atoms with E-state index in [0.717, 1.165) is 5.03 Å². The van der Waals surface area contributed by atoms with Crippen molar-refractivity contribution in [3.63, 3.8) is 0 Å². The summed E-state index contributed by atoms with van der Waals surface area (Å²) in [5.41, 5.74) is 0.644. The Labute approximate surface area is 107 Å². The van der Waals surface area contributed by atoms with Gasteiger partial charge in [0.05, 0.1) is 5.56 Å². The molecule has 1 N–H and O–H groups in total. The van der Waals surface area contributed by atoms with E-state index < -0.39 is 0 Å². The van der Waals surface area contributed by atoms with Gasteiger partial charge in [0.1, 0.15) is 5.03 Å². The maximum absolute atomic E-state index is 12.0. The van der Waals surface area contributed by atoms with E-state index in [-0.39, 0.29) is 5.91 Å². The van der Waals surface area contributed by atoms with Crippen molar-refractivity contribution in [3.8, 4) is 0 Å². The van der Waals surface area contributed by atoms with Crippen LogP contribution in [0.1, 0.15) is 17.3 Å². The summed E-state index contributed by atoms with van der Waals surface area (Å²) in [6.07, 6.45) is 3.62. The molecule has 1 amide bonds. The molecule has 0 saturated carbocycles. The van der Waals surface area contributed by atoms with Crippen LogP contribution in [0.5, 0.6) is 0 Å². The molecule has 0 aliphatic carbocycles. The Morgan fingerprint density at radius 2 is 2.29 bits per heavy atom. The van der Waals surface area contributed by atoms with Crippen molar-refractivity contribution in [2.75, 3.05) is 26.9 Å². The lowest BCUT2D eigenvalue weighted by molar-refractivity contribution is 0.0940. The third-order valence-corrected chi connectivity index (χ3v) is 3.36. The first-order valence-corrected chi connectivity index (χ1v) is 6.72. The van der Waals surface area contributed by atoms with Gasteiger partial charge in [0.2, 0.25) is 0 Å². The summed E-state index contributed by atoms with van der Waals surface area (Å²) >= 11 is 1.48. The van der Waals surface area contributed by atoms with E-state index in [0.29, 0.717) is 18.2 Å². The van der Waals surface area contributed by atoms with Gasteiger partial charge in [-0.3, -0.25) is 4.79 Å². The van der Waals surface area contributed by atoms with Crippen LogP contribution in [-0.2, 0) is 0 Å². The monoisotopic (exact) mass is 253 g/mol. The summed E-state index contributed by atoms with van der Waals surface area (Å²) in [6.45, 7) is 2.70. The van der Waals surface area contributed by atoms with Gasteiger partial charge in [0.25, 0.3) is 5.91 Å². The molecule has 0 fully saturated rings. The molecule has 0 spiro atoms. The van der Waals surface area contributed by atoms with Crippen molar-refractivity contribution >= 4 is 17.7 Å². The molecule has 1 heterocycles. The molecule has 0 bridgehead atoms. The van der Waals surface area contributed by atoms with E-state index in [1.807, 2.05) is 20.4 Å². The minimum atomic E-state index is -0.0591. The lowest BCUT2D eigenvalue weighted by Gasteiger charge is -2.20. The average Bonchev–Trinajstić information content (AvgIpc) is 2.35. The predicted molar refractivity (Wildman–Crippen MR) is 71.5 cm³/mol. The number of thioether (sulfide) groups is 1. The van der Waals surface area contributed by atoms with Gasteiger partial charge in [-0.2, -0.15) is 0 Å². The summed E-state index contributed by atoms with van der Waals surface area (Å²) in [5.74, 6) is -0.0591. The summed E-state index contributed by atoms with van der Waals surface area (Å²) in [7, 11) is 3.99. The maximum atomic E-state index is 12.0. The quantitative estimate of drug-likeness (QED) is 0.807. The van der Waals surface area contributed by atoms with Gasteiger partial charge in [-0.1, -0.05) is 0 Å². The number of rotatable bonds is 5. The van der Waals surface area contributed by atoms with Crippen molar-refractivity contribution in [3.05, 3.63) is 23.9 Å². The van der Waals surface area contributed by atoms with Crippen LogP contribution < -0.4 is 5.32 Å². The summed E-state index contributed by atoms with van der Waals surface area (Å²) in [4.78, 5) is 18.2. The SMILES string of the molecule is CSc1ncccc1C(=O)NC[C@H](C)N(C)C. The summed E-state index contributed by atoms with van der Waals surface area (Å²) in [5, 5.41) is 3.69. The summed E-state index contributed by atoms with van der Waals surface area (Å²) in [6, 6.07) is 3.90. The molecule has 1 atom stereocenters. The normalized spacial score (nSPS) is 12.5. The highest BCUT2D eigenvalue weighted by Crippen LogP contribution is 2.16. The van der Waals surface area contributed by atoms with Crippen LogP contribution in [0, 0.1) is 0 Å². The number of carbonyl (C=O) groups is 1. The standard InChI is InChI=1S/C12H19N3OS/c1-9(15(2)3)8-14-11(16)10-6-5-7-13-12(10)17-4/h5-7,9H,8H2,1-4H3,(H,14,16)/t9-/m0/s1. The zero-order valence-corrected chi connectivity index (χ0v) is 11.5. The van der Waals surface area contributed by atoms with E-state index in [1.54, 1.807) is 18.3 Å². The lowest BCUT2D eigenvalue weighted by Crippen LogP contribution is -2.38. The zero-order valence-electron chi connectivity index (χ0n) is 10.7. The van der Waals surface area contributed by atoms with E-state index in [1.165, 1.54) is 11.8 Å². The van der Waals surface area contributed by atoms with Crippen LogP contribution in [0.3, 0.4) is 0 Å². The number of pyridine rings is 1. The van der Waals surface area contributed by atoms with Gasteiger partial charge in [-0.15, -0.1) is 11.8 Å². The van der Waals surface area contributed by atoms with E-state index >= 15 is 0 Å². The topological polar surface area (TPSA) is 45.2 Å². The van der Waals surface area contributed by atoms with Crippen molar-refractivity contribution in [1.29, 1.82) is 0 Å². The third-order valence-electron chi connectivity index (χ3n) is 2.65. The second-order valence-corrected chi connectivity index (χ2v) is 4.88. The minimum absolute atomic E-state index is 0.0591. The predicted octanol–water partition coefficient (Wildman–Crippen LogP) is 1.48. The number of hydrogen-bond acceptors (Lipinski definition) is 4. The van der Waals surface area contributed by atoms with Crippen molar-refractivity contribution in [2.45, 2.75) is 18.0 Å². The third kappa shape index (κ3) is 4.02. The Morgan fingerprint density at radius 3 is 2.88 bits per heavy atom. The lowest BCUT2D eigenvalue weighted by atomic mass is 10.2. The first-order chi connectivity index (χ1) is 8.06. The molecule has 0 unspecified atom stereocenters. The molecule has 0 saturated heterocycles. The largest absolute Gasteiger partial charge is 0.350 e. The first-order valence-electron chi connectivity index (χ1n) is 5.50. The number of nitrogens with one attached hydrogen (secondary N) is 1. The zero-order chi connectivity index (χ0) is 12.8. The Hall–Kier alpha value is -1.07. The van der Waals surface area contributed by atoms with Crippen LogP contribution in [-0.4, -0.2) is 48.7 Å². The number of hydrogen-bond donors (Lipinski definition) is 1. The molecule has 4 nitrogen and oxygen atoms in total. The molecule has 0 aromatic carbocycles. The second kappa shape index (κ2) is 6.61. The highest BCUT2D eigenvalue weighted by atomic mass is 32.2. The molecule has 5 heteroatoms. The Bertz CT molecular complexity index is 382. The van der Waals surface area contributed by atoms with Crippen LogP contribution in [0.15, 0.2) is 23.4 Å². The van der Waals surface area contributed by atoms with Gasteiger partial charge in [-0.25, -0.2) is 4.98 Å². The molecule has 1 aromatic rings. The highest BCUT2D eigenvalue weighted by Gasteiger charge is 2.12. The molecule has 17 heavy (non-hydrogen) atoms. The fourth-order valence-electron chi connectivity index (χ4n) is 1.24. The Morgan fingerprint density at radius 1 is 1.59 bits per heavy atom. The molecule has 0 radical (unpaired) electrons. The molecule has 0 aliphatic rings. The van der Waals surface area contributed by atoms with Gasteiger partial charge in [-0.05, 0) is 39.4 Å². The number of carbonyl (C=O) groups excluding carboxylic acids is 1. The number of amides is 1. The van der Waals surface area contributed by atoms with Gasteiger partial charge < -0.3 is 10.2 Å². The molecule has 1 aromatic heterocycles. The fourth-order valence-corrected chi connectivity index (χ4v) is 1.79. The highest BCUT2D eigenvalue weighted by molar-refractivity contribution is 7.98. The average molecular weight is 253 g/mol. The van der Waals surface area contributed by atoms with Crippen molar-refractivity contribution < 1.29 is 4.79 Å². The van der Waals surface area contributed by atoms with Crippen molar-refractivity contribution in [2.24, 2.45) is 0 Å². The molecule has 0 aliphatic heterocycles. The molecular formula is C12H19N3OS. The van der Waals surface area contributed by atoms with Crippen LogP contribution >= 0.6 is 11.8 Å². The van der Waals surface area contributed by atoms with E-state index in [2.05, 4.69) is 22.1 Å².